The van der Waals surface area contributed by atoms with Crippen molar-refractivity contribution in [3.63, 3.8) is 0 Å². The molecule has 0 unspecified atom stereocenters. The zero-order chi connectivity index (χ0) is 13.4. The van der Waals surface area contributed by atoms with Crippen LogP contribution in [0.25, 0.3) is 0 Å². The molecule has 0 aliphatic heterocycles. The van der Waals surface area contributed by atoms with Gasteiger partial charge in [-0.05, 0) is 6.92 Å². The summed E-state index contributed by atoms with van der Waals surface area (Å²) in [7, 11) is 0. The number of phenols is 1. The van der Waals surface area contributed by atoms with Crippen molar-refractivity contribution >= 4 is 0 Å². The predicted molar refractivity (Wildman–Crippen MR) is 74.4 cm³/mol. The Hall–Kier alpha value is -1.14. The third-order valence-electron chi connectivity index (χ3n) is 2.69. The summed E-state index contributed by atoms with van der Waals surface area (Å²) < 4.78 is 0. The quantitative estimate of drug-likeness (QED) is 0.413. The zero-order valence-electron chi connectivity index (χ0n) is 11.0. The van der Waals surface area contributed by atoms with E-state index in [1.54, 1.807) is 0 Å². The fraction of sp³-hybridized carbons (Fsp3) is 0.538. The first-order chi connectivity index (χ1) is 8.69. The van der Waals surface area contributed by atoms with Gasteiger partial charge < -0.3 is 27.2 Å². The highest BCUT2D eigenvalue weighted by Crippen LogP contribution is 2.24. The molecule has 7 N–H and O–H groups in total. The van der Waals surface area contributed by atoms with Gasteiger partial charge in [-0.1, -0.05) is 17.7 Å². The second-order valence-electron chi connectivity index (χ2n) is 4.36. The Labute approximate surface area is 109 Å². The largest absolute Gasteiger partial charge is 0.507 e. The lowest BCUT2D eigenvalue weighted by Crippen LogP contribution is -2.23. The Balaban J connectivity index is 2.71. The van der Waals surface area contributed by atoms with E-state index in [9.17, 15) is 5.11 Å². The molecule has 1 rings (SSSR count). The monoisotopic (exact) mass is 252 g/mol. The van der Waals surface area contributed by atoms with Gasteiger partial charge in [0.05, 0.1) is 0 Å². The number of phenolic OH excluding ortho intramolecular Hbond substituents is 1. The molecule has 5 heteroatoms. The molecule has 0 saturated heterocycles. The van der Waals surface area contributed by atoms with Crippen LogP contribution < -0.4 is 22.1 Å². The number of nitrogens with two attached hydrogens (primary N) is 2. The number of hydrogen-bond acceptors (Lipinski definition) is 5. The number of aryl methyl sites for hydroxylation is 1. The van der Waals surface area contributed by atoms with Gasteiger partial charge >= 0.3 is 0 Å². The molecule has 1 aromatic rings. The standard InChI is InChI=1S/C13H24N4O/c1-10-6-11(8-16-4-2-14)13(18)12(7-10)9-17-5-3-15/h6-7,16-18H,2-5,8-9,14-15H2,1H3. The first-order valence-electron chi connectivity index (χ1n) is 6.32. The highest BCUT2D eigenvalue weighted by atomic mass is 16.3. The summed E-state index contributed by atoms with van der Waals surface area (Å²) in [6, 6.07) is 3.98. The van der Waals surface area contributed by atoms with Crippen LogP contribution in [0.4, 0.5) is 0 Å². The van der Waals surface area contributed by atoms with Crippen molar-refractivity contribution in [1.82, 2.24) is 10.6 Å². The minimum atomic E-state index is 0.356. The lowest BCUT2D eigenvalue weighted by atomic mass is 10.0. The van der Waals surface area contributed by atoms with E-state index in [-0.39, 0.29) is 0 Å². The summed E-state index contributed by atoms with van der Waals surface area (Å²) in [5.74, 6) is 0.356. The molecule has 0 fully saturated rings. The van der Waals surface area contributed by atoms with Crippen molar-refractivity contribution in [2.24, 2.45) is 11.5 Å². The maximum Gasteiger partial charge on any atom is 0.124 e. The number of nitrogens with one attached hydrogen (secondary N) is 2. The molecule has 0 radical (unpaired) electrons. The van der Waals surface area contributed by atoms with E-state index in [2.05, 4.69) is 10.6 Å². The smallest absolute Gasteiger partial charge is 0.124 e. The van der Waals surface area contributed by atoms with Gasteiger partial charge in [0, 0.05) is 50.4 Å². The lowest BCUT2D eigenvalue weighted by Gasteiger charge is -2.13. The summed E-state index contributed by atoms with van der Waals surface area (Å²) in [6.07, 6.45) is 0. The molecule has 18 heavy (non-hydrogen) atoms. The fourth-order valence-electron chi connectivity index (χ4n) is 1.85. The molecular weight excluding hydrogens is 228 g/mol. The number of benzene rings is 1. The molecule has 0 heterocycles. The van der Waals surface area contributed by atoms with Gasteiger partial charge in [-0.2, -0.15) is 0 Å². The van der Waals surface area contributed by atoms with E-state index in [0.29, 0.717) is 31.9 Å². The zero-order valence-corrected chi connectivity index (χ0v) is 11.0. The van der Waals surface area contributed by atoms with Crippen molar-refractivity contribution in [2.75, 3.05) is 26.2 Å². The minimum Gasteiger partial charge on any atom is -0.507 e. The second-order valence-corrected chi connectivity index (χ2v) is 4.36. The fourth-order valence-corrected chi connectivity index (χ4v) is 1.85. The number of rotatable bonds is 8. The van der Waals surface area contributed by atoms with Gasteiger partial charge in [0.1, 0.15) is 5.75 Å². The van der Waals surface area contributed by atoms with Crippen LogP contribution in [0.5, 0.6) is 5.75 Å². The molecule has 0 saturated carbocycles. The molecular formula is C13H24N4O. The van der Waals surface area contributed by atoms with Crippen molar-refractivity contribution in [3.8, 4) is 5.75 Å². The Kier molecular flexibility index (Phi) is 6.67. The van der Waals surface area contributed by atoms with E-state index in [4.69, 9.17) is 11.5 Å². The Morgan fingerprint density at radius 2 is 1.44 bits per heavy atom. The van der Waals surface area contributed by atoms with E-state index < -0.39 is 0 Å². The van der Waals surface area contributed by atoms with Crippen LogP contribution in [-0.4, -0.2) is 31.3 Å². The van der Waals surface area contributed by atoms with Gasteiger partial charge in [-0.25, -0.2) is 0 Å². The van der Waals surface area contributed by atoms with Crippen LogP contribution in [0.1, 0.15) is 16.7 Å². The van der Waals surface area contributed by atoms with E-state index in [1.807, 2.05) is 19.1 Å². The second kappa shape index (κ2) is 8.05. The lowest BCUT2D eigenvalue weighted by molar-refractivity contribution is 0.454. The van der Waals surface area contributed by atoms with Crippen LogP contribution in [0.15, 0.2) is 12.1 Å². The van der Waals surface area contributed by atoms with E-state index in [0.717, 1.165) is 29.8 Å². The van der Waals surface area contributed by atoms with Crippen molar-refractivity contribution in [1.29, 1.82) is 0 Å². The molecule has 1 aromatic carbocycles. The molecule has 0 aliphatic carbocycles. The van der Waals surface area contributed by atoms with Crippen molar-refractivity contribution in [2.45, 2.75) is 20.0 Å². The highest BCUT2D eigenvalue weighted by molar-refractivity contribution is 5.43. The summed E-state index contributed by atoms with van der Waals surface area (Å²) >= 11 is 0. The van der Waals surface area contributed by atoms with Crippen LogP contribution in [0.2, 0.25) is 0 Å². The topological polar surface area (TPSA) is 96.3 Å². The van der Waals surface area contributed by atoms with Gasteiger partial charge in [-0.15, -0.1) is 0 Å². The summed E-state index contributed by atoms with van der Waals surface area (Å²) in [6.45, 7) is 5.97. The molecule has 0 aromatic heterocycles. The number of hydrogen-bond donors (Lipinski definition) is 5. The average Bonchev–Trinajstić information content (AvgIpc) is 2.35. The molecule has 0 bridgehead atoms. The molecule has 0 aliphatic rings. The average molecular weight is 252 g/mol. The van der Waals surface area contributed by atoms with Gasteiger partial charge in [0.25, 0.3) is 0 Å². The van der Waals surface area contributed by atoms with Gasteiger partial charge in [0.15, 0.2) is 0 Å². The molecule has 0 amide bonds. The first-order valence-corrected chi connectivity index (χ1v) is 6.32. The third kappa shape index (κ3) is 4.62. The Bertz CT molecular complexity index is 337. The summed E-state index contributed by atoms with van der Waals surface area (Å²) in [5, 5.41) is 16.5. The minimum absolute atomic E-state index is 0.356. The van der Waals surface area contributed by atoms with Gasteiger partial charge in [0.2, 0.25) is 0 Å². The molecule has 5 nitrogen and oxygen atoms in total. The maximum atomic E-state index is 10.2. The molecule has 0 spiro atoms. The van der Waals surface area contributed by atoms with Crippen molar-refractivity contribution < 1.29 is 5.11 Å². The predicted octanol–water partition coefficient (Wildman–Crippen LogP) is -0.203. The molecule has 0 atom stereocenters. The SMILES string of the molecule is Cc1cc(CNCCN)c(O)c(CNCCN)c1. The van der Waals surface area contributed by atoms with Crippen molar-refractivity contribution in [3.05, 3.63) is 28.8 Å². The summed E-state index contributed by atoms with van der Waals surface area (Å²) in [5.41, 5.74) is 13.8. The van der Waals surface area contributed by atoms with Crippen LogP contribution in [0, 0.1) is 6.92 Å². The highest BCUT2D eigenvalue weighted by Gasteiger charge is 2.08. The maximum absolute atomic E-state index is 10.2. The summed E-state index contributed by atoms with van der Waals surface area (Å²) in [4.78, 5) is 0. The van der Waals surface area contributed by atoms with E-state index in [1.165, 1.54) is 0 Å². The number of aromatic hydroxyl groups is 1. The van der Waals surface area contributed by atoms with E-state index >= 15 is 0 Å². The van der Waals surface area contributed by atoms with Crippen LogP contribution in [-0.2, 0) is 13.1 Å². The van der Waals surface area contributed by atoms with Crippen LogP contribution >= 0.6 is 0 Å². The Morgan fingerprint density at radius 3 is 1.83 bits per heavy atom. The normalized spacial score (nSPS) is 10.8. The molecule has 102 valence electrons. The Morgan fingerprint density at radius 1 is 1.00 bits per heavy atom. The first kappa shape index (κ1) is 14.9. The van der Waals surface area contributed by atoms with Crippen LogP contribution in [0.3, 0.4) is 0 Å². The van der Waals surface area contributed by atoms with Gasteiger partial charge in [-0.3, -0.25) is 0 Å². The third-order valence-corrected chi connectivity index (χ3v) is 2.69.